The van der Waals surface area contributed by atoms with Crippen molar-refractivity contribution >= 4 is 5.69 Å². The zero-order valence-corrected chi connectivity index (χ0v) is 11.0. The van der Waals surface area contributed by atoms with E-state index < -0.39 is 12.4 Å². The van der Waals surface area contributed by atoms with Crippen LogP contribution in [-0.4, -0.2) is 18.1 Å². The number of anilines is 1. The van der Waals surface area contributed by atoms with Crippen LogP contribution in [0.3, 0.4) is 0 Å². The molecule has 0 aliphatic carbocycles. The second-order valence-corrected chi connectivity index (χ2v) is 4.36. The SMILES string of the molecule is OCC(Nc1ccccc1)c1ccc(OC(F)(F)F)cc1. The molecule has 0 fully saturated rings. The van der Waals surface area contributed by atoms with Gasteiger partial charge in [-0.25, -0.2) is 0 Å². The smallest absolute Gasteiger partial charge is 0.406 e. The van der Waals surface area contributed by atoms with Crippen LogP contribution in [-0.2, 0) is 0 Å². The van der Waals surface area contributed by atoms with Crippen molar-refractivity contribution in [2.24, 2.45) is 0 Å². The molecule has 21 heavy (non-hydrogen) atoms. The van der Waals surface area contributed by atoms with Crippen LogP contribution in [0.5, 0.6) is 5.75 Å². The van der Waals surface area contributed by atoms with Crippen LogP contribution >= 0.6 is 0 Å². The summed E-state index contributed by atoms with van der Waals surface area (Å²) in [6.45, 7) is -0.186. The quantitative estimate of drug-likeness (QED) is 0.883. The molecular formula is C15H14F3NO2. The van der Waals surface area contributed by atoms with E-state index in [9.17, 15) is 18.3 Å². The minimum atomic E-state index is -4.71. The van der Waals surface area contributed by atoms with Gasteiger partial charge in [0, 0.05) is 5.69 Å². The highest BCUT2D eigenvalue weighted by Gasteiger charge is 2.31. The number of hydrogen-bond acceptors (Lipinski definition) is 3. The third-order valence-corrected chi connectivity index (χ3v) is 2.81. The molecule has 0 saturated heterocycles. The van der Waals surface area contributed by atoms with E-state index >= 15 is 0 Å². The van der Waals surface area contributed by atoms with E-state index in [1.165, 1.54) is 24.3 Å². The molecule has 2 N–H and O–H groups in total. The zero-order valence-electron chi connectivity index (χ0n) is 11.0. The van der Waals surface area contributed by atoms with E-state index in [1.54, 1.807) is 0 Å². The highest BCUT2D eigenvalue weighted by molar-refractivity contribution is 5.45. The Labute approximate surface area is 120 Å². The van der Waals surface area contributed by atoms with Crippen molar-refractivity contribution in [2.45, 2.75) is 12.4 Å². The molecule has 0 aliphatic heterocycles. The van der Waals surface area contributed by atoms with Crippen molar-refractivity contribution in [3.8, 4) is 5.75 Å². The number of halogens is 3. The Kier molecular flexibility index (Phi) is 4.70. The van der Waals surface area contributed by atoms with Gasteiger partial charge in [-0.15, -0.1) is 13.2 Å². The third kappa shape index (κ3) is 4.68. The summed E-state index contributed by atoms with van der Waals surface area (Å²) in [7, 11) is 0. The van der Waals surface area contributed by atoms with E-state index in [2.05, 4.69) is 10.1 Å². The number of rotatable bonds is 5. The second kappa shape index (κ2) is 6.49. The van der Waals surface area contributed by atoms with Crippen LogP contribution in [0.4, 0.5) is 18.9 Å². The van der Waals surface area contributed by atoms with Gasteiger partial charge < -0.3 is 15.2 Å². The molecule has 0 spiro atoms. The summed E-state index contributed by atoms with van der Waals surface area (Å²) in [5.74, 6) is -0.289. The van der Waals surface area contributed by atoms with Crippen molar-refractivity contribution in [2.75, 3.05) is 11.9 Å². The summed E-state index contributed by atoms with van der Waals surface area (Å²) in [5.41, 5.74) is 1.48. The van der Waals surface area contributed by atoms with E-state index in [1.807, 2.05) is 30.3 Å². The van der Waals surface area contributed by atoms with Gasteiger partial charge >= 0.3 is 6.36 Å². The first-order valence-electron chi connectivity index (χ1n) is 6.26. The van der Waals surface area contributed by atoms with Gasteiger partial charge in [-0.05, 0) is 29.8 Å². The average Bonchev–Trinajstić information content (AvgIpc) is 2.45. The summed E-state index contributed by atoms with van der Waals surface area (Å²) in [6.07, 6.45) is -4.71. The molecule has 1 unspecified atom stereocenters. The summed E-state index contributed by atoms with van der Waals surface area (Å²) in [4.78, 5) is 0. The highest BCUT2D eigenvalue weighted by atomic mass is 19.4. The maximum Gasteiger partial charge on any atom is 0.573 e. The topological polar surface area (TPSA) is 41.5 Å². The number of aliphatic hydroxyl groups is 1. The Hall–Kier alpha value is -2.21. The lowest BCUT2D eigenvalue weighted by molar-refractivity contribution is -0.274. The molecule has 2 aromatic rings. The van der Waals surface area contributed by atoms with Crippen LogP contribution in [0.1, 0.15) is 11.6 Å². The Morgan fingerprint density at radius 1 is 1.00 bits per heavy atom. The largest absolute Gasteiger partial charge is 0.573 e. The molecule has 6 heteroatoms. The number of hydrogen-bond donors (Lipinski definition) is 2. The summed E-state index contributed by atoms with van der Waals surface area (Å²) >= 11 is 0. The van der Waals surface area contributed by atoms with Gasteiger partial charge in [-0.1, -0.05) is 30.3 Å². The molecule has 0 aliphatic rings. The molecule has 2 aromatic carbocycles. The van der Waals surface area contributed by atoms with Crippen molar-refractivity contribution in [3.05, 3.63) is 60.2 Å². The normalized spacial score (nSPS) is 12.8. The van der Waals surface area contributed by atoms with Gasteiger partial charge in [-0.2, -0.15) is 0 Å². The lowest BCUT2D eigenvalue weighted by Crippen LogP contribution is -2.17. The van der Waals surface area contributed by atoms with Crippen LogP contribution < -0.4 is 10.1 Å². The number of alkyl halides is 3. The molecular weight excluding hydrogens is 283 g/mol. The van der Waals surface area contributed by atoms with Crippen LogP contribution in [0, 0.1) is 0 Å². The fourth-order valence-electron chi connectivity index (χ4n) is 1.87. The summed E-state index contributed by atoms with van der Waals surface area (Å²) in [6, 6.07) is 14.2. The predicted molar refractivity (Wildman–Crippen MR) is 73.0 cm³/mol. The zero-order chi connectivity index (χ0) is 15.3. The van der Waals surface area contributed by atoms with E-state index in [4.69, 9.17) is 0 Å². The highest BCUT2D eigenvalue weighted by Crippen LogP contribution is 2.25. The number of aliphatic hydroxyl groups excluding tert-OH is 1. The molecule has 0 bridgehead atoms. The first-order valence-corrected chi connectivity index (χ1v) is 6.26. The van der Waals surface area contributed by atoms with Crippen molar-refractivity contribution in [1.82, 2.24) is 0 Å². The van der Waals surface area contributed by atoms with Crippen LogP contribution in [0.25, 0.3) is 0 Å². The Morgan fingerprint density at radius 3 is 2.14 bits per heavy atom. The van der Waals surface area contributed by atoms with Gasteiger partial charge in [0.2, 0.25) is 0 Å². The standard InChI is InChI=1S/C15H14F3NO2/c16-15(17,18)21-13-8-6-11(7-9-13)14(10-20)19-12-4-2-1-3-5-12/h1-9,14,19-20H,10H2. The molecule has 1 atom stereocenters. The van der Waals surface area contributed by atoms with Crippen molar-refractivity contribution in [3.63, 3.8) is 0 Å². The fourth-order valence-corrected chi connectivity index (χ4v) is 1.87. The molecule has 112 valence electrons. The molecule has 0 aromatic heterocycles. The number of nitrogens with one attached hydrogen (secondary N) is 1. The average molecular weight is 297 g/mol. The molecule has 0 radical (unpaired) electrons. The second-order valence-electron chi connectivity index (χ2n) is 4.36. The molecule has 0 saturated carbocycles. The molecule has 0 heterocycles. The van der Waals surface area contributed by atoms with Gasteiger partial charge in [0.05, 0.1) is 12.6 Å². The van der Waals surface area contributed by atoms with Crippen molar-refractivity contribution < 1.29 is 23.0 Å². The van der Waals surface area contributed by atoms with Gasteiger partial charge in [0.1, 0.15) is 5.75 Å². The Balaban J connectivity index is 2.08. The number of benzene rings is 2. The third-order valence-electron chi connectivity index (χ3n) is 2.81. The first-order chi connectivity index (χ1) is 9.98. The molecule has 3 nitrogen and oxygen atoms in total. The van der Waals surface area contributed by atoms with E-state index in [-0.39, 0.29) is 12.4 Å². The predicted octanol–water partition coefficient (Wildman–Crippen LogP) is 3.73. The maximum atomic E-state index is 12.1. The molecule has 0 amide bonds. The minimum Gasteiger partial charge on any atom is -0.406 e. The Bertz CT molecular complexity index is 555. The van der Waals surface area contributed by atoms with Crippen LogP contribution in [0.15, 0.2) is 54.6 Å². The monoisotopic (exact) mass is 297 g/mol. The van der Waals surface area contributed by atoms with E-state index in [0.29, 0.717) is 5.56 Å². The number of para-hydroxylation sites is 1. The summed E-state index contributed by atoms with van der Waals surface area (Å²) < 4.78 is 40.0. The lowest BCUT2D eigenvalue weighted by atomic mass is 10.1. The maximum absolute atomic E-state index is 12.1. The van der Waals surface area contributed by atoms with Crippen molar-refractivity contribution in [1.29, 1.82) is 0 Å². The van der Waals surface area contributed by atoms with Gasteiger partial charge in [0.15, 0.2) is 0 Å². The van der Waals surface area contributed by atoms with Gasteiger partial charge in [-0.3, -0.25) is 0 Å². The first kappa shape index (κ1) is 15.2. The van der Waals surface area contributed by atoms with Crippen LogP contribution in [0.2, 0.25) is 0 Å². The molecule has 2 rings (SSSR count). The Morgan fingerprint density at radius 2 is 1.62 bits per heavy atom. The minimum absolute atomic E-state index is 0.186. The summed E-state index contributed by atoms with van der Waals surface area (Å²) in [5, 5.41) is 12.5. The lowest BCUT2D eigenvalue weighted by Gasteiger charge is -2.18. The fraction of sp³-hybridized carbons (Fsp3) is 0.200. The van der Waals surface area contributed by atoms with E-state index in [0.717, 1.165) is 5.69 Å². The van der Waals surface area contributed by atoms with Gasteiger partial charge in [0.25, 0.3) is 0 Å². The number of ether oxygens (including phenoxy) is 1.